The molecule has 0 radical (unpaired) electrons. The summed E-state index contributed by atoms with van der Waals surface area (Å²) in [5, 5.41) is 0. The van der Waals surface area contributed by atoms with E-state index >= 15 is 0 Å². The van der Waals surface area contributed by atoms with Crippen molar-refractivity contribution in [2.45, 2.75) is 58.7 Å². The molecule has 2 rings (SSSR count). The van der Waals surface area contributed by atoms with Crippen LogP contribution in [0.25, 0.3) is 0 Å². The summed E-state index contributed by atoms with van der Waals surface area (Å²) in [4.78, 5) is 2.44. The van der Waals surface area contributed by atoms with Gasteiger partial charge in [-0.3, -0.25) is 0 Å². The van der Waals surface area contributed by atoms with Crippen LogP contribution >= 0.6 is 0 Å². The van der Waals surface area contributed by atoms with Crippen molar-refractivity contribution in [2.75, 3.05) is 11.4 Å². The molecule has 1 aliphatic rings. The molecule has 1 aromatic carbocycles. The van der Waals surface area contributed by atoms with Crippen molar-refractivity contribution in [1.29, 1.82) is 0 Å². The lowest BCUT2D eigenvalue weighted by atomic mass is 10.0. The van der Waals surface area contributed by atoms with E-state index in [0.717, 1.165) is 25.1 Å². The van der Waals surface area contributed by atoms with E-state index in [0.29, 0.717) is 12.1 Å². The van der Waals surface area contributed by atoms with Crippen LogP contribution in [-0.4, -0.2) is 24.7 Å². The number of hydrogen-bond donors (Lipinski definition) is 1. The van der Waals surface area contributed by atoms with Gasteiger partial charge in [0.25, 0.3) is 0 Å². The molecule has 2 unspecified atom stereocenters. The first-order valence-corrected chi connectivity index (χ1v) is 7.33. The Kier molecular flexibility index (Phi) is 4.35. The van der Waals surface area contributed by atoms with Gasteiger partial charge in [0.1, 0.15) is 11.9 Å². The maximum Gasteiger partial charge on any atom is 0.143 e. The van der Waals surface area contributed by atoms with Crippen LogP contribution in [0.5, 0.6) is 5.75 Å². The van der Waals surface area contributed by atoms with Gasteiger partial charge in [0.2, 0.25) is 0 Å². The molecule has 0 aromatic heterocycles. The smallest absolute Gasteiger partial charge is 0.143 e. The van der Waals surface area contributed by atoms with Crippen LogP contribution in [0.15, 0.2) is 18.2 Å². The quantitative estimate of drug-likeness (QED) is 0.906. The van der Waals surface area contributed by atoms with Gasteiger partial charge in [-0.25, -0.2) is 0 Å². The van der Waals surface area contributed by atoms with Gasteiger partial charge in [-0.05, 0) is 51.3 Å². The third-order valence-electron chi connectivity index (χ3n) is 3.66. The topological polar surface area (TPSA) is 38.5 Å². The lowest BCUT2D eigenvalue weighted by molar-refractivity contribution is 0.186. The summed E-state index contributed by atoms with van der Waals surface area (Å²) in [6.07, 6.45) is 2.26. The minimum Gasteiger partial charge on any atom is -0.486 e. The highest BCUT2D eigenvalue weighted by Crippen LogP contribution is 2.36. The second kappa shape index (κ2) is 5.83. The number of rotatable bonds is 4. The minimum absolute atomic E-state index is 0.193. The number of anilines is 1. The Hall–Kier alpha value is -1.22. The van der Waals surface area contributed by atoms with Crippen LogP contribution in [-0.2, 0) is 6.42 Å². The second-order valence-corrected chi connectivity index (χ2v) is 5.88. The van der Waals surface area contributed by atoms with Crippen molar-refractivity contribution in [3.63, 3.8) is 0 Å². The predicted octanol–water partition coefficient (Wildman–Crippen LogP) is 2.96. The summed E-state index contributed by atoms with van der Waals surface area (Å²) in [6, 6.07) is 7.16. The number of nitrogens with two attached hydrogens (primary N) is 1. The Morgan fingerprint density at radius 1 is 1.37 bits per heavy atom. The summed E-state index contributed by atoms with van der Waals surface area (Å²) < 4.78 is 6.05. The average Bonchev–Trinajstić information content (AvgIpc) is 2.36. The first-order chi connectivity index (χ1) is 9.01. The number of benzene rings is 1. The third kappa shape index (κ3) is 3.21. The largest absolute Gasteiger partial charge is 0.486 e. The van der Waals surface area contributed by atoms with Gasteiger partial charge in [0.05, 0.1) is 12.2 Å². The SMILES string of the molecule is CCC1CN(C(C)C)c2cc(CC(C)N)ccc2O1. The second-order valence-electron chi connectivity index (χ2n) is 5.88. The molecule has 3 nitrogen and oxygen atoms in total. The van der Waals surface area contributed by atoms with E-state index in [9.17, 15) is 0 Å². The van der Waals surface area contributed by atoms with Crippen LogP contribution in [0.3, 0.4) is 0 Å². The molecule has 19 heavy (non-hydrogen) atoms. The normalized spacial score (nSPS) is 20.1. The van der Waals surface area contributed by atoms with Crippen molar-refractivity contribution in [1.82, 2.24) is 0 Å². The Morgan fingerprint density at radius 2 is 2.11 bits per heavy atom. The fourth-order valence-electron chi connectivity index (χ4n) is 2.62. The summed E-state index contributed by atoms with van der Waals surface area (Å²) in [5.41, 5.74) is 8.40. The van der Waals surface area contributed by atoms with Crippen molar-refractivity contribution in [3.05, 3.63) is 23.8 Å². The molecule has 0 fully saturated rings. The maximum atomic E-state index is 6.05. The number of hydrogen-bond acceptors (Lipinski definition) is 3. The first-order valence-electron chi connectivity index (χ1n) is 7.33. The first kappa shape index (κ1) is 14.2. The van der Waals surface area contributed by atoms with E-state index in [1.54, 1.807) is 0 Å². The number of nitrogens with zero attached hydrogens (tertiary/aromatic N) is 1. The van der Waals surface area contributed by atoms with Crippen LogP contribution in [0.2, 0.25) is 0 Å². The summed E-state index contributed by atoms with van der Waals surface area (Å²) in [6.45, 7) is 9.67. The lowest BCUT2D eigenvalue weighted by Gasteiger charge is -2.39. The van der Waals surface area contributed by atoms with E-state index in [1.165, 1.54) is 11.3 Å². The molecule has 1 aromatic rings. The van der Waals surface area contributed by atoms with Gasteiger partial charge < -0.3 is 15.4 Å². The number of fused-ring (bicyclic) bond motifs is 1. The molecule has 1 aliphatic heterocycles. The highest BCUT2D eigenvalue weighted by atomic mass is 16.5. The van der Waals surface area contributed by atoms with E-state index in [-0.39, 0.29) is 6.04 Å². The maximum absolute atomic E-state index is 6.05. The zero-order valence-electron chi connectivity index (χ0n) is 12.5. The molecule has 106 valence electrons. The fourth-order valence-corrected chi connectivity index (χ4v) is 2.62. The molecule has 0 aliphatic carbocycles. The van der Waals surface area contributed by atoms with Crippen molar-refractivity contribution < 1.29 is 4.74 Å². The van der Waals surface area contributed by atoms with Gasteiger partial charge in [-0.1, -0.05) is 13.0 Å². The highest BCUT2D eigenvalue weighted by molar-refractivity contribution is 5.62. The Balaban J connectivity index is 2.32. The Morgan fingerprint density at radius 3 is 2.68 bits per heavy atom. The summed E-state index contributed by atoms with van der Waals surface area (Å²) in [7, 11) is 0. The summed E-state index contributed by atoms with van der Waals surface area (Å²) >= 11 is 0. The minimum atomic E-state index is 0.193. The van der Waals surface area contributed by atoms with Crippen molar-refractivity contribution in [3.8, 4) is 5.75 Å². The van der Waals surface area contributed by atoms with Crippen LogP contribution < -0.4 is 15.4 Å². The molecule has 0 saturated carbocycles. The Bertz CT molecular complexity index is 429. The van der Waals surface area contributed by atoms with Crippen LogP contribution in [0.1, 0.15) is 39.7 Å². The molecule has 0 spiro atoms. The van der Waals surface area contributed by atoms with Gasteiger partial charge in [-0.2, -0.15) is 0 Å². The van der Waals surface area contributed by atoms with E-state index in [1.807, 2.05) is 6.92 Å². The summed E-state index contributed by atoms with van der Waals surface area (Å²) in [5.74, 6) is 1.01. The molecule has 0 amide bonds. The van der Waals surface area contributed by atoms with Gasteiger partial charge in [0, 0.05) is 12.1 Å². The zero-order chi connectivity index (χ0) is 14.0. The zero-order valence-corrected chi connectivity index (χ0v) is 12.5. The lowest BCUT2D eigenvalue weighted by Crippen LogP contribution is -2.43. The predicted molar refractivity (Wildman–Crippen MR) is 81.0 cm³/mol. The van der Waals surface area contributed by atoms with Crippen LogP contribution in [0.4, 0.5) is 5.69 Å². The molecule has 2 N–H and O–H groups in total. The van der Waals surface area contributed by atoms with E-state index in [4.69, 9.17) is 10.5 Å². The Labute approximate surface area is 116 Å². The number of ether oxygens (including phenoxy) is 1. The molecule has 2 atom stereocenters. The van der Waals surface area contributed by atoms with Crippen molar-refractivity contribution in [2.24, 2.45) is 5.73 Å². The molecule has 3 heteroatoms. The third-order valence-corrected chi connectivity index (χ3v) is 3.66. The van der Waals surface area contributed by atoms with Gasteiger partial charge in [-0.15, -0.1) is 0 Å². The van der Waals surface area contributed by atoms with Gasteiger partial charge in [0.15, 0.2) is 0 Å². The average molecular weight is 262 g/mol. The molecule has 0 bridgehead atoms. The molecule has 0 saturated heterocycles. The highest BCUT2D eigenvalue weighted by Gasteiger charge is 2.26. The molecule has 1 heterocycles. The monoisotopic (exact) mass is 262 g/mol. The fraction of sp³-hybridized carbons (Fsp3) is 0.625. The standard InChI is InChI=1S/C16H26N2O/c1-5-14-10-18(11(2)3)15-9-13(8-12(4)17)6-7-16(15)19-14/h6-7,9,11-12,14H,5,8,10,17H2,1-4H3. The van der Waals surface area contributed by atoms with Crippen LogP contribution in [0, 0.1) is 0 Å². The molecular formula is C16H26N2O. The van der Waals surface area contributed by atoms with E-state index in [2.05, 4.69) is 43.9 Å². The van der Waals surface area contributed by atoms with E-state index < -0.39 is 0 Å². The molecular weight excluding hydrogens is 236 g/mol. The van der Waals surface area contributed by atoms with Crippen molar-refractivity contribution >= 4 is 5.69 Å². The van der Waals surface area contributed by atoms with Gasteiger partial charge >= 0.3 is 0 Å².